The van der Waals surface area contributed by atoms with E-state index >= 15 is 0 Å². The van der Waals surface area contributed by atoms with E-state index in [-0.39, 0.29) is 23.3 Å². The van der Waals surface area contributed by atoms with Crippen molar-refractivity contribution >= 4 is 5.91 Å². The van der Waals surface area contributed by atoms with Gasteiger partial charge in [0.25, 0.3) is 11.5 Å². The predicted molar refractivity (Wildman–Crippen MR) is 87.5 cm³/mol. The quantitative estimate of drug-likeness (QED) is 0.892. The third-order valence-electron chi connectivity index (χ3n) is 3.59. The lowest BCUT2D eigenvalue weighted by atomic mass is 10.2. The van der Waals surface area contributed by atoms with Gasteiger partial charge in [-0.1, -0.05) is 19.1 Å². The normalized spacial score (nSPS) is 15.8. The molecule has 0 bridgehead atoms. The molecule has 2 heterocycles. The minimum atomic E-state index is -0.345. The Hall–Kier alpha value is -2.83. The lowest BCUT2D eigenvalue weighted by Gasteiger charge is -2.26. The van der Waals surface area contributed by atoms with Crippen molar-refractivity contribution in [3.8, 4) is 11.5 Å². The Morgan fingerprint density at radius 3 is 2.88 bits per heavy atom. The number of hydrogen-bond donors (Lipinski definition) is 1. The summed E-state index contributed by atoms with van der Waals surface area (Å²) >= 11 is 0. The van der Waals surface area contributed by atoms with E-state index in [0.29, 0.717) is 31.2 Å². The van der Waals surface area contributed by atoms with E-state index in [2.05, 4.69) is 10.4 Å². The number of aromatic nitrogens is 2. The molecule has 1 amide bonds. The van der Waals surface area contributed by atoms with Crippen LogP contribution in [0.25, 0.3) is 0 Å². The van der Waals surface area contributed by atoms with Crippen molar-refractivity contribution in [2.24, 2.45) is 0 Å². The number of aryl methyl sites for hydroxylation is 1. The Morgan fingerprint density at radius 1 is 1.29 bits per heavy atom. The van der Waals surface area contributed by atoms with E-state index in [4.69, 9.17) is 9.47 Å². The van der Waals surface area contributed by atoms with Crippen molar-refractivity contribution in [3.63, 3.8) is 0 Å². The van der Waals surface area contributed by atoms with Crippen LogP contribution >= 0.6 is 0 Å². The first-order valence-electron chi connectivity index (χ1n) is 7.92. The summed E-state index contributed by atoms with van der Waals surface area (Å²) in [5.41, 5.74) is -0.00537. The van der Waals surface area contributed by atoms with Crippen molar-refractivity contribution in [3.05, 3.63) is 52.4 Å². The topological polar surface area (TPSA) is 82.5 Å². The summed E-state index contributed by atoms with van der Waals surface area (Å²) < 4.78 is 12.7. The van der Waals surface area contributed by atoms with Crippen molar-refractivity contribution in [1.29, 1.82) is 0 Å². The number of para-hydroxylation sites is 2. The molecule has 1 aliphatic rings. The maximum absolute atomic E-state index is 12.2. The zero-order chi connectivity index (χ0) is 16.9. The standard InChI is InChI=1S/C17H19N3O4/c1-2-9-20-16(21)8-7-13(19-20)17(22)18-10-12-11-23-14-5-3-4-6-15(14)24-12/h3-8,12H,2,9-11H2,1H3,(H,18,22). The molecule has 7 heteroatoms. The lowest BCUT2D eigenvalue weighted by molar-refractivity contribution is 0.0785. The smallest absolute Gasteiger partial charge is 0.271 e. The highest BCUT2D eigenvalue weighted by atomic mass is 16.6. The SMILES string of the molecule is CCCn1nc(C(=O)NCC2COc3ccccc3O2)ccc1=O. The average Bonchev–Trinajstić information content (AvgIpc) is 2.61. The Labute approximate surface area is 139 Å². The second kappa shape index (κ2) is 7.16. The van der Waals surface area contributed by atoms with Gasteiger partial charge in [0.15, 0.2) is 11.5 Å². The molecule has 7 nitrogen and oxygen atoms in total. The summed E-state index contributed by atoms with van der Waals surface area (Å²) in [5.74, 6) is 1.02. The molecule has 2 aromatic rings. The average molecular weight is 329 g/mol. The molecule has 1 unspecified atom stereocenters. The van der Waals surface area contributed by atoms with Crippen LogP contribution in [0.1, 0.15) is 23.8 Å². The van der Waals surface area contributed by atoms with Gasteiger partial charge in [0.05, 0.1) is 6.54 Å². The van der Waals surface area contributed by atoms with Gasteiger partial charge in [0.2, 0.25) is 0 Å². The Kier molecular flexibility index (Phi) is 4.79. The van der Waals surface area contributed by atoms with Crippen molar-refractivity contribution < 1.29 is 14.3 Å². The van der Waals surface area contributed by atoms with Crippen LogP contribution in [-0.2, 0) is 6.54 Å². The zero-order valence-electron chi connectivity index (χ0n) is 13.4. The van der Waals surface area contributed by atoms with Crippen LogP contribution < -0.4 is 20.3 Å². The molecule has 1 N–H and O–H groups in total. The zero-order valence-corrected chi connectivity index (χ0v) is 13.4. The molecule has 1 aromatic carbocycles. The molecule has 3 rings (SSSR count). The second-order valence-corrected chi connectivity index (χ2v) is 5.49. The van der Waals surface area contributed by atoms with Crippen LogP contribution in [0.15, 0.2) is 41.2 Å². The van der Waals surface area contributed by atoms with Crippen LogP contribution in [-0.4, -0.2) is 34.9 Å². The highest BCUT2D eigenvalue weighted by Gasteiger charge is 2.21. The predicted octanol–water partition coefficient (Wildman–Crippen LogP) is 1.22. The second-order valence-electron chi connectivity index (χ2n) is 5.49. The molecule has 126 valence electrons. The fourth-order valence-corrected chi connectivity index (χ4v) is 2.40. The summed E-state index contributed by atoms with van der Waals surface area (Å²) in [7, 11) is 0. The first-order chi connectivity index (χ1) is 11.7. The summed E-state index contributed by atoms with van der Waals surface area (Å²) in [6.45, 7) is 3.08. The highest BCUT2D eigenvalue weighted by Crippen LogP contribution is 2.30. The molecule has 1 atom stereocenters. The van der Waals surface area contributed by atoms with Gasteiger partial charge in [-0.2, -0.15) is 5.10 Å². The van der Waals surface area contributed by atoms with Crippen molar-refractivity contribution in [1.82, 2.24) is 15.1 Å². The maximum atomic E-state index is 12.2. The number of carbonyl (C=O) groups excluding carboxylic acids is 1. The number of amides is 1. The summed E-state index contributed by atoms with van der Waals surface area (Å²) in [6, 6.07) is 10.2. The van der Waals surface area contributed by atoms with Crippen molar-refractivity contribution in [2.45, 2.75) is 26.0 Å². The number of benzene rings is 1. The molecule has 24 heavy (non-hydrogen) atoms. The van der Waals surface area contributed by atoms with Gasteiger partial charge >= 0.3 is 0 Å². The fourth-order valence-electron chi connectivity index (χ4n) is 2.40. The molecular formula is C17H19N3O4. The van der Waals surface area contributed by atoms with Gasteiger partial charge in [-0.25, -0.2) is 4.68 Å². The first-order valence-corrected chi connectivity index (χ1v) is 7.92. The highest BCUT2D eigenvalue weighted by molar-refractivity contribution is 5.92. The summed E-state index contributed by atoms with van der Waals surface area (Å²) in [4.78, 5) is 23.9. The number of carbonyl (C=O) groups is 1. The number of nitrogens with zero attached hydrogens (tertiary/aromatic N) is 2. The van der Waals surface area contributed by atoms with E-state index in [9.17, 15) is 9.59 Å². The largest absolute Gasteiger partial charge is 0.486 e. The van der Waals surface area contributed by atoms with Gasteiger partial charge < -0.3 is 14.8 Å². The molecule has 1 aliphatic heterocycles. The van der Waals surface area contributed by atoms with Crippen LogP contribution in [0.5, 0.6) is 11.5 Å². The van der Waals surface area contributed by atoms with E-state index < -0.39 is 0 Å². The molecule has 1 aromatic heterocycles. The monoisotopic (exact) mass is 329 g/mol. The fraction of sp³-hybridized carbons (Fsp3) is 0.353. The Bertz CT molecular complexity index is 787. The molecule has 0 saturated carbocycles. The molecule has 0 aliphatic carbocycles. The lowest BCUT2D eigenvalue weighted by Crippen LogP contribution is -2.41. The van der Waals surface area contributed by atoms with Crippen LogP contribution in [0.4, 0.5) is 0 Å². The first kappa shape index (κ1) is 16.0. The minimum absolute atomic E-state index is 0.208. The van der Waals surface area contributed by atoms with E-state index in [1.165, 1.54) is 16.8 Å². The molecule has 0 saturated heterocycles. The van der Waals surface area contributed by atoms with Gasteiger partial charge in [-0.05, 0) is 24.6 Å². The van der Waals surface area contributed by atoms with Gasteiger partial charge in [-0.15, -0.1) is 0 Å². The maximum Gasteiger partial charge on any atom is 0.271 e. The third-order valence-corrected chi connectivity index (χ3v) is 3.59. The Morgan fingerprint density at radius 2 is 2.08 bits per heavy atom. The number of ether oxygens (including phenoxy) is 2. The molecule has 0 radical (unpaired) electrons. The third kappa shape index (κ3) is 3.56. The Balaban J connectivity index is 1.60. The van der Waals surface area contributed by atoms with Gasteiger partial charge in [0, 0.05) is 12.6 Å². The summed E-state index contributed by atoms with van der Waals surface area (Å²) in [5, 5.41) is 6.85. The number of rotatable bonds is 5. The van der Waals surface area contributed by atoms with Crippen LogP contribution in [0.3, 0.4) is 0 Å². The molecular weight excluding hydrogens is 310 g/mol. The minimum Gasteiger partial charge on any atom is -0.486 e. The summed E-state index contributed by atoms with van der Waals surface area (Å²) in [6.07, 6.45) is 0.496. The number of nitrogens with one attached hydrogen (secondary N) is 1. The van der Waals surface area contributed by atoms with Crippen LogP contribution in [0, 0.1) is 0 Å². The molecule has 0 fully saturated rings. The molecule has 0 spiro atoms. The number of hydrogen-bond acceptors (Lipinski definition) is 5. The number of fused-ring (bicyclic) bond motifs is 1. The van der Waals surface area contributed by atoms with Gasteiger partial charge in [-0.3, -0.25) is 9.59 Å². The van der Waals surface area contributed by atoms with E-state index in [1.807, 2.05) is 31.2 Å². The van der Waals surface area contributed by atoms with E-state index in [1.54, 1.807) is 0 Å². The van der Waals surface area contributed by atoms with Crippen molar-refractivity contribution in [2.75, 3.05) is 13.2 Å². The van der Waals surface area contributed by atoms with E-state index in [0.717, 1.165) is 6.42 Å². The van der Waals surface area contributed by atoms with Crippen LogP contribution in [0.2, 0.25) is 0 Å². The van der Waals surface area contributed by atoms with Gasteiger partial charge in [0.1, 0.15) is 18.4 Å².